The third kappa shape index (κ3) is 4.50. The Labute approximate surface area is 255 Å². The fraction of sp³-hybridized carbons (Fsp3) is 0.194. The number of rotatable bonds is 7. The summed E-state index contributed by atoms with van der Waals surface area (Å²) in [5, 5.41) is 4.02. The van der Waals surface area contributed by atoms with Crippen molar-refractivity contribution in [2.75, 3.05) is 18.6 Å². The molecule has 0 aliphatic carbocycles. The average Bonchev–Trinajstić information content (AvgIpc) is 3.54. The SMILES string of the molecule is COc1ccc(CCNC(=O)c2ccccc2N2C(=O)[C@@H]3Cc4c([nH]c5ccccc45)C(c4ccccc4C)N3C2=O)cc1. The van der Waals surface area contributed by atoms with Crippen molar-refractivity contribution in [2.45, 2.75) is 31.8 Å². The van der Waals surface area contributed by atoms with Crippen LogP contribution in [0.25, 0.3) is 10.9 Å². The van der Waals surface area contributed by atoms with Gasteiger partial charge in [-0.15, -0.1) is 0 Å². The number of para-hydroxylation sites is 2. The molecule has 2 atom stereocenters. The molecular weight excluding hydrogens is 552 g/mol. The third-order valence-electron chi connectivity index (χ3n) is 8.78. The van der Waals surface area contributed by atoms with Gasteiger partial charge < -0.3 is 15.0 Å². The first-order valence-corrected chi connectivity index (χ1v) is 14.8. The van der Waals surface area contributed by atoms with Crippen LogP contribution in [-0.2, 0) is 17.6 Å². The number of hydrogen-bond acceptors (Lipinski definition) is 4. The first-order valence-electron chi connectivity index (χ1n) is 14.8. The van der Waals surface area contributed by atoms with Gasteiger partial charge in [0.2, 0.25) is 0 Å². The van der Waals surface area contributed by atoms with Gasteiger partial charge in [-0.25, -0.2) is 9.69 Å². The zero-order valence-corrected chi connectivity index (χ0v) is 24.5. The topological polar surface area (TPSA) is 94.7 Å². The maximum atomic E-state index is 14.4. The number of anilines is 1. The first kappa shape index (κ1) is 27.5. The number of carbonyl (C=O) groups excluding carboxylic acids is 3. The standard InChI is InChI=1S/C36H32N4O4/c1-22-9-3-4-10-25(22)33-32-28(26-11-5-7-13-29(26)38-32)21-31-35(42)40(36(43)39(31)33)30-14-8-6-12-27(30)34(41)37-20-19-23-15-17-24(44-2)18-16-23/h3-18,31,33,38H,19-21H2,1-2H3,(H,37,41)/t31-,33?/m0/s1. The number of hydrogen-bond donors (Lipinski definition) is 2. The molecule has 5 aromatic rings. The number of aromatic nitrogens is 1. The lowest BCUT2D eigenvalue weighted by atomic mass is 9.87. The second kappa shape index (κ2) is 11.0. The molecule has 2 aliphatic rings. The fourth-order valence-electron chi connectivity index (χ4n) is 6.58. The van der Waals surface area contributed by atoms with Gasteiger partial charge in [0.1, 0.15) is 17.8 Å². The van der Waals surface area contributed by atoms with Crippen molar-refractivity contribution in [1.29, 1.82) is 0 Å². The van der Waals surface area contributed by atoms with Crippen molar-refractivity contribution >= 4 is 34.4 Å². The van der Waals surface area contributed by atoms with E-state index in [1.54, 1.807) is 36.3 Å². The van der Waals surface area contributed by atoms with Crippen molar-refractivity contribution < 1.29 is 19.1 Å². The number of aromatic amines is 1. The summed E-state index contributed by atoms with van der Waals surface area (Å²) in [6.07, 6.45) is 1.01. The van der Waals surface area contributed by atoms with Crippen LogP contribution in [0.4, 0.5) is 10.5 Å². The summed E-state index contributed by atoms with van der Waals surface area (Å²) >= 11 is 0. The molecule has 4 amide bonds. The monoisotopic (exact) mass is 584 g/mol. The van der Waals surface area contributed by atoms with Crippen LogP contribution >= 0.6 is 0 Å². The molecule has 2 N–H and O–H groups in total. The number of imide groups is 1. The van der Waals surface area contributed by atoms with Gasteiger partial charge in [-0.2, -0.15) is 0 Å². The molecule has 0 spiro atoms. The second-order valence-electron chi connectivity index (χ2n) is 11.3. The highest BCUT2D eigenvalue weighted by Crippen LogP contribution is 2.45. The first-order chi connectivity index (χ1) is 21.5. The summed E-state index contributed by atoms with van der Waals surface area (Å²) in [5.41, 5.74) is 6.54. The number of benzene rings is 4. The molecule has 0 radical (unpaired) electrons. The fourth-order valence-corrected chi connectivity index (χ4v) is 6.58. The van der Waals surface area contributed by atoms with Crippen LogP contribution in [0.5, 0.6) is 5.75 Å². The van der Waals surface area contributed by atoms with Gasteiger partial charge in [0.25, 0.3) is 11.8 Å². The number of nitrogens with zero attached hydrogens (tertiary/aromatic N) is 2. The molecule has 2 aliphatic heterocycles. The lowest BCUT2D eigenvalue weighted by Crippen LogP contribution is -2.44. The number of methoxy groups -OCH3 is 1. The van der Waals surface area contributed by atoms with Gasteiger partial charge in [-0.3, -0.25) is 14.5 Å². The summed E-state index contributed by atoms with van der Waals surface area (Å²) in [4.78, 5) is 48.5. The molecule has 0 bridgehead atoms. The lowest BCUT2D eigenvalue weighted by Gasteiger charge is -2.36. The van der Waals surface area contributed by atoms with Crippen LogP contribution in [0.1, 0.15) is 44.3 Å². The minimum atomic E-state index is -0.704. The van der Waals surface area contributed by atoms with E-state index in [0.717, 1.165) is 44.6 Å². The van der Waals surface area contributed by atoms with E-state index in [1.807, 2.05) is 73.7 Å². The maximum absolute atomic E-state index is 14.4. The lowest BCUT2D eigenvalue weighted by molar-refractivity contribution is -0.120. The molecule has 220 valence electrons. The predicted octanol–water partition coefficient (Wildman–Crippen LogP) is 5.94. The van der Waals surface area contributed by atoms with Gasteiger partial charge in [0.15, 0.2) is 0 Å². The summed E-state index contributed by atoms with van der Waals surface area (Å²) in [5.74, 6) is 0.0994. The summed E-state index contributed by atoms with van der Waals surface area (Å²) in [7, 11) is 1.62. The third-order valence-corrected chi connectivity index (χ3v) is 8.78. The molecule has 44 heavy (non-hydrogen) atoms. The predicted molar refractivity (Wildman–Crippen MR) is 169 cm³/mol. The number of ether oxygens (including phenoxy) is 1. The van der Waals surface area contributed by atoms with Crippen LogP contribution in [-0.4, -0.2) is 47.4 Å². The molecule has 0 saturated carbocycles. The second-order valence-corrected chi connectivity index (χ2v) is 11.3. The Hall–Kier alpha value is -5.37. The number of carbonyl (C=O) groups is 3. The molecule has 7 rings (SSSR count). The van der Waals surface area contributed by atoms with Crippen LogP contribution in [0.3, 0.4) is 0 Å². The van der Waals surface area contributed by atoms with Crippen molar-refractivity contribution in [3.63, 3.8) is 0 Å². The Kier molecular flexibility index (Phi) is 6.89. The Morgan fingerprint density at radius 2 is 1.66 bits per heavy atom. The highest BCUT2D eigenvalue weighted by molar-refractivity contribution is 6.24. The summed E-state index contributed by atoms with van der Waals surface area (Å²) in [6.45, 7) is 2.42. The minimum Gasteiger partial charge on any atom is -0.497 e. The van der Waals surface area contributed by atoms with E-state index in [4.69, 9.17) is 4.74 Å². The Morgan fingerprint density at radius 1 is 0.932 bits per heavy atom. The van der Waals surface area contributed by atoms with E-state index >= 15 is 0 Å². The van der Waals surface area contributed by atoms with E-state index in [9.17, 15) is 14.4 Å². The number of H-pyrrole nitrogens is 1. The number of urea groups is 1. The van der Waals surface area contributed by atoms with E-state index in [0.29, 0.717) is 19.4 Å². The molecule has 1 fully saturated rings. The largest absolute Gasteiger partial charge is 0.497 e. The number of amides is 4. The van der Waals surface area contributed by atoms with E-state index < -0.39 is 18.1 Å². The highest BCUT2D eigenvalue weighted by Gasteiger charge is 2.53. The van der Waals surface area contributed by atoms with Crippen LogP contribution < -0.4 is 15.0 Å². The maximum Gasteiger partial charge on any atom is 0.332 e. The molecule has 3 heterocycles. The number of nitrogens with one attached hydrogen (secondary N) is 2. The molecular formula is C36H32N4O4. The van der Waals surface area contributed by atoms with Gasteiger partial charge in [-0.05, 0) is 65.9 Å². The molecule has 8 heteroatoms. The normalized spacial score (nSPS) is 17.5. The average molecular weight is 585 g/mol. The van der Waals surface area contributed by atoms with Crippen molar-refractivity contribution in [2.24, 2.45) is 0 Å². The van der Waals surface area contributed by atoms with Gasteiger partial charge in [-0.1, -0.05) is 66.7 Å². The molecule has 4 aromatic carbocycles. The zero-order chi connectivity index (χ0) is 30.4. The van der Waals surface area contributed by atoms with Crippen LogP contribution in [0.15, 0.2) is 97.1 Å². The Morgan fingerprint density at radius 3 is 2.45 bits per heavy atom. The van der Waals surface area contributed by atoms with Gasteiger partial charge >= 0.3 is 6.03 Å². The van der Waals surface area contributed by atoms with Gasteiger partial charge in [0.05, 0.1) is 18.4 Å². The smallest absolute Gasteiger partial charge is 0.332 e. The van der Waals surface area contributed by atoms with E-state index in [-0.39, 0.29) is 23.1 Å². The molecule has 1 saturated heterocycles. The molecule has 1 unspecified atom stereocenters. The highest BCUT2D eigenvalue weighted by atomic mass is 16.5. The van der Waals surface area contributed by atoms with Crippen LogP contribution in [0, 0.1) is 6.92 Å². The minimum absolute atomic E-state index is 0.278. The Balaban J connectivity index is 1.22. The molecule has 1 aromatic heterocycles. The Bertz CT molecular complexity index is 1910. The van der Waals surface area contributed by atoms with E-state index in [2.05, 4.69) is 16.4 Å². The quantitative estimate of drug-likeness (QED) is 0.232. The van der Waals surface area contributed by atoms with E-state index in [1.165, 1.54) is 4.90 Å². The number of fused-ring (bicyclic) bond motifs is 4. The van der Waals surface area contributed by atoms with Crippen molar-refractivity contribution in [3.8, 4) is 5.75 Å². The summed E-state index contributed by atoms with van der Waals surface area (Å²) < 4.78 is 5.22. The van der Waals surface area contributed by atoms with Gasteiger partial charge in [0, 0.05) is 29.6 Å². The van der Waals surface area contributed by atoms with Crippen LogP contribution in [0.2, 0.25) is 0 Å². The molecule has 8 nitrogen and oxygen atoms in total. The van der Waals surface area contributed by atoms with Crippen molar-refractivity contribution in [3.05, 3.63) is 131 Å². The zero-order valence-electron chi connectivity index (χ0n) is 24.5. The summed E-state index contributed by atoms with van der Waals surface area (Å²) in [6, 6.07) is 28.9. The van der Waals surface area contributed by atoms with Crippen molar-refractivity contribution in [1.82, 2.24) is 15.2 Å². The number of aryl methyl sites for hydroxylation is 1.